The molecule has 0 aliphatic carbocycles. The number of thioether (sulfide) groups is 1. The van der Waals surface area contributed by atoms with Gasteiger partial charge in [0.1, 0.15) is 0 Å². The van der Waals surface area contributed by atoms with Crippen LogP contribution in [0.15, 0.2) is 5.10 Å². The van der Waals surface area contributed by atoms with Crippen LogP contribution in [-0.4, -0.2) is 23.1 Å². The Labute approximate surface area is 76.0 Å². The van der Waals surface area contributed by atoms with Crippen molar-refractivity contribution in [1.82, 2.24) is 10.7 Å². The first-order valence-corrected chi connectivity index (χ1v) is 4.75. The van der Waals surface area contributed by atoms with Crippen molar-refractivity contribution < 1.29 is 0 Å². The van der Waals surface area contributed by atoms with Gasteiger partial charge >= 0.3 is 0 Å². The predicted octanol–water partition coefficient (Wildman–Crippen LogP) is 0.0631. The average molecular weight is 192 g/mol. The molecule has 0 spiro atoms. The fourth-order valence-corrected chi connectivity index (χ4v) is 0.679. The van der Waals surface area contributed by atoms with E-state index in [0.717, 1.165) is 6.54 Å². The van der Waals surface area contributed by atoms with E-state index < -0.39 is 0 Å². The Morgan fingerprint density at radius 3 is 2.82 bits per heavy atom. The van der Waals surface area contributed by atoms with Gasteiger partial charge in [-0.2, -0.15) is 0 Å². The molecule has 0 radical (unpaired) electrons. The minimum absolute atomic E-state index is 0.463. The monoisotopic (exact) mass is 192 g/mol. The van der Waals surface area contributed by atoms with Gasteiger partial charge in [0.15, 0.2) is 10.3 Å². The van der Waals surface area contributed by atoms with Gasteiger partial charge < -0.3 is 11.1 Å². The number of hydrogen-bond acceptors (Lipinski definition) is 3. The second-order valence-corrected chi connectivity index (χ2v) is 2.86. The van der Waals surface area contributed by atoms with Gasteiger partial charge in [-0.25, -0.2) is 0 Å². The summed E-state index contributed by atoms with van der Waals surface area (Å²) in [4.78, 5) is 0. The van der Waals surface area contributed by atoms with E-state index in [-0.39, 0.29) is 0 Å². The smallest absolute Gasteiger partial charge is 0.187 e. The first-order chi connectivity index (χ1) is 5.20. The van der Waals surface area contributed by atoms with E-state index in [9.17, 15) is 0 Å². The maximum atomic E-state index is 5.38. The molecular formula is C5H12N4S2. The standard InChI is InChI=1S/C5H12N4S2/c1-3-7-5(10)9-8-4(6)11-2/h3H2,1-2H3,(H2,6,8)(H2,7,9,10). The summed E-state index contributed by atoms with van der Waals surface area (Å²) in [6.45, 7) is 2.73. The number of nitrogens with one attached hydrogen (secondary N) is 2. The molecule has 6 heteroatoms. The zero-order valence-corrected chi connectivity index (χ0v) is 8.18. The molecular weight excluding hydrogens is 180 g/mol. The summed E-state index contributed by atoms with van der Waals surface area (Å²) >= 11 is 6.19. The summed E-state index contributed by atoms with van der Waals surface area (Å²) in [5.74, 6) is 0. The highest BCUT2D eigenvalue weighted by Gasteiger charge is 1.89. The summed E-state index contributed by atoms with van der Waals surface area (Å²) in [6.07, 6.45) is 1.84. The SMILES string of the molecule is CCNC(=S)N/N=C(\N)SC. The Hall–Kier alpha value is -0.490. The van der Waals surface area contributed by atoms with Crippen LogP contribution in [0.5, 0.6) is 0 Å². The van der Waals surface area contributed by atoms with Crippen LogP contribution in [0.2, 0.25) is 0 Å². The molecule has 0 rings (SSSR count). The van der Waals surface area contributed by atoms with Crippen LogP contribution < -0.4 is 16.5 Å². The fraction of sp³-hybridized carbons (Fsp3) is 0.600. The van der Waals surface area contributed by atoms with E-state index in [0.29, 0.717) is 10.3 Å². The molecule has 0 aromatic heterocycles. The Balaban J connectivity index is 3.60. The maximum Gasteiger partial charge on any atom is 0.187 e. The Bertz CT molecular complexity index is 157. The number of nitrogens with two attached hydrogens (primary N) is 1. The molecule has 64 valence electrons. The summed E-state index contributed by atoms with van der Waals surface area (Å²) in [7, 11) is 0. The number of amidine groups is 1. The molecule has 0 unspecified atom stereocenters. The summed E-state index contributed by atoms with van der Waals surface area (Å²) < 4.78 is 0. The molecule has 0 bridgehead atoms. The van der Waals surface area contributed by atoms with Gasteiger partial charge in [-0.1, -0.05) is 11.8 Å². The first kappa shape index (κ1) is 10.5. The third kappa shape index (κ3) is 5.93. The molecule has 0 saturated heterocycles. The van der Waals surface area contributed by atoms with E-state index in [1.165, 1.54) is 11.8 Å². The highest BCUT2D eigenvalue weighted by atomic mass is 32.2. The molecule has 0 amide bonds. The highest BCUT2D eigenvalue weighted by molar-refractivity contribution is 8.13. The highest BCUT2D eigenvalue weighted by Crippen LogP contribution is 1.87. The van der Waals surface area contributed by atoms with Crippen molar-refractivity contribution in [3.8, 4) is 0 Å². The van der Waals surface area contributed by atoms with Crippen molar-refractivity contribution in [3.63, 3.8) is 0 Å². The number of nitrogens with zero attached hydrogens (tertiary/aromatic N) is 1. The van der Waals surface area contributed by atoms with Crippen molar-refractivity contribution >= 4 is 34.3 Å². The van der Waals surface area contributed by atoms with E-state index in [2.05, 4.69) is 15.8 Å². The fourth-order valence-electron chi connectivity index (χ4n) is 0.352. The zero-order valence-electron chi connectivity index (χ0n) is 6.55. The van der Waals surface area contributed by atoms with Crippen LogP contribution >= 0.6 is 24.0 Å². The molecule has 4 nitrogen and oxygen atoms in total. The molecule has 4 N–H and O–H groups in total. The predicted molar refractivity (Wildman–Crippen MR) is 54.5 cm³/mol. The first-order valence-electron chi connectivity index (χ1n) is 3.11. The molecule has 11 heavy (non-hydrogen) atoms. The van der Waals surface area contributed by atoms with Gasteiger partial charge in [-0.3, -0.25) is 5.43 Å². The zero-order chi connectivity index (χ0) is 8.69. The molecule has 0 atom stereocenters. The van der Waals surface area contributed by atoms with Crippen LogP contribution in [0.25, 0.3) is 0 Å². The third-order valence-corrected chi connectivity index (χ3v) is 1.56. The molecule has 0 saturated carbocycles. The quantitative estimate of drug-likeness (QED) is 0.250. The van der Waals surface area contributed by atoms with Gasteiger partial charge in [-0.05, 0) is 25.4 Å². The lowest BCUT2D eigenvalue weighted by Gasteiger charge is -2.03. The van der Waals surface area contributed by atoms with Crippen molar-refractivity contribution in [2.24, 2.45) is 10.8 Å². The van der Waals surface area contributed by atoms with Crippen LogP contribution in [0.1, 0.15) is 6.92 Å². The summed E-state index contributed by atoms with van der Waals surface area (Å²) in [6, 6.07) is 0. The van der Waals surface area contributed by atoms with Gasteiger partial charge in [0.2, 0.25) is 0 Å². The van der Waals surface area contributed by atoms with Gasteiger partial charge in [0.05, 0.1) is 0 Å². The van der Waals surface area contributed by atoms with E-state index in [1.54, 1.807) is 0 Å². The molecule has 0 aromatic carbocycles. The largest absolute Gasteiger partial charge is 0.377 e. The Kier molecular flexibility index (Phi) is 5.96. The third-order valence-electron chi connectivity index (χ3n) is 0.814. The lowest BCUT2D eigenvalue weighted by atomic mass is 10.8. The van der Waals surface area contributed by atoms with E-state index in [1.807, 2.05) is 13.2 Å². The molecule has 0 aromatic rings. The molecule has 0 fully saturated rings. The molecule has 0 aliphatic rings. The summed E-state index contributed by atoms with van der Waals surface area (Å²) in [5, 5.41) is 7.59. The summed E-state index contributed by atoms with van der Waals surface area (Å²) in [5.41, 5.74) is 7.98. The second kappa shape index (κ2) is 6.23. The minimum Gasteiger partial charge on any atom is -0.377 e. The van der Waals surface area contributed by atoms with Crippen LogP contribution in [0.3, 0.4) is 0 Å². The normalized spacial score (nSPS) is 10.9. The average Bonchev–Trinajstić information content (AvgIpc) is 2.01. The Morgan fingerprint density at radius 1 is 1.73 bits per heavy atom. The Morgan fingerprint density at radius 2 is 2.36 bits per heavy atom. The lowest BCUT2D eigenvalue weighted by molar-refractivity contribution is 0.902. The number of hydrogen-bond donors (Lipinski definition) is 3. The second-order valence-electron chi connectivity index (χ2n) is 1.63. The number of thiocarbonyl (C=S) groups is 1. The number of rotatable bonds is 2. The topological polar surface area (TPSA) is 62.4 Å². The lowest BCUT2D eigenvalue weighted by Crippen LogP contribution is -2.32. The molecule has 0 aliphatic heterocycles. The van der Waals surface area contributed by atoms with E-state index >= 15 is 0 Å². The van der Waals surface area contributed by atoms with Gasteiger partial charge in [0, 0.05) is 6.54 Å². The van der Waals surface area contributed by atoms with Crippen LogP contribution in [0, 0.1) is 0 Å². The molecule has 0 heterocycles. The van der Waals surface area contributed by atoms with Gasteiger partial charge in [0.25, 0.3) is 0 Å². The van der Waals surface area contributed by atoms with Crippen molar-refractivity contribution in [3.05, 3.63) is 0 Å². The van der Waals surface area contributed by atoms with Crippen LogP contribution in [-0.2, 0) is 0 Å². The van der Waals surface area contributed by atoms with Crippen LogP contribution in [0.4, 0.5) is 0 Å². The number of hydrazone groups is 1. The van der Waals surface area contributed by atoms with Crippen molar-refractivity contribution in [1.29, 1.82) is 0 Å². The van der Waals surface area contributed by atoms with Crippen molar-refractivity contribution in [2.75, 3.05) is 12.8 Å². The minimum atomic E-state index is 0.463. The maximum absolute atomic E-state index is 5.38. The van der Waals surface area contributed by atoms with E-state index in [4.69, 9.17) is 18.0 Å². The van der Waals surface area contributed by atoms with Crippen molar-refractivity contribution in [2.45, 2.75) is 6.92 Å². The van der Waals surface area contributed by atoms with Gasteiger partial charge in [-0.15, -0.1) is 5.10 Å².